The Balaban J connectivity index is 1.80. The highest BCUT2D eigenvalue weighted by molar-refractivity contribution is 6.30. The number of ether oxygens (including phenoxy) is 2. The van der Waals surface area contributed by atoms with Gasteiger partial charge in [0.15, 0.2) is 11.5 Å². The predicted octanol–water partition coefficient (Wildman–Crippen LogP) is 5.17. The Labute approximate surface area is 191 Å². The van der Waals surface area contributed by atoms with E-state index in [4.69, 9.17) is 21.1 Å². The first kappa shape index (κ1) is 22.9. The third-order valence-corrected chi connectivity index (χ3v) is 4.61. The van der Waals surface area contributed by atoms with Crippen LogP contribution in [-0.2, 0) is 11.4 Å². The van der Waals surface area contributed by atoms with Crippen molar-refractivity contribution in [1.82, 2.24) is 5.32 Å². The van der Waals surface area contributed by atoms with Gasteiger partial charge >= 0.3 is 5.97 Å². The van der Waals surface area contributed by atoms with E-state index < -0.39 is 11.9 Å². The lowest BCUT2D eigenvalue weighted by Gasteiger charge is -2.13. The predicted molar refractivity (Wildman–Crippen MR) is 123 cm³/mol. The number of amides is 1. The fraction of sp³-hybridized carbons (Fsp3) is 0.120. The molecule has 6 nitrogen and oxygen atoms in total. The minimum atomic E-state index is -1.26. The van der Waals surface area contributed by atoms with Gasteiger partial charge in [0.05, 0.1) is 6.61 Å². The van der Waals surface area contributed by atoms with E-state index in [1.165, 1.54) is 6.08 Å². The average Bonchev–Trinajstić information content (AvgIpc) is 2.79. The quantitative estimate of drug-likeness (QED) is 0.438. The lowest BCUT2D eigenvalue weighted by Crippen LogP contribution is -2.27. The van der Waals surface area contributed by atoms with Gasteiger partial charge in [0.1, 0.15) is 12.3 Å². The van der Waals surface area contributed by atoms with E-state index >= 15 is 0 Å². The summed E-state index contributed by atoms with van der Waals surface area (Å²) >= 11 is 6.01. The normalized spacial score (nSPS) is 11.0. The number of rotatable bonds is 9. The van der Waals surface area contributed by atoms with E-state index in [0.29, 0.717) is 40.9 Å². The van der Waals surface area contributed by atoms with Gasteiger partial charge in [-0.15, -0.1) is 0 Å². The zero-order chi connectivity index (χ0) is 22.9. The maximum absolute atomic E-state index is 12.3. The molecule has 7 heteroatoms. The van der Waals surface area contributed by atoms with Crippen LogP contribution in [0.2, 0.25) is 5.02 Å². The molecule has 3 rings (SSSR count). The summed E-state index contributed by atoms with van der Waals surface area (Å²) in [6, 6.07) is 20.8. The first-order valence-corrected chi connectivity index (χ1v) is 10.3. The Bertz CT molecular complexity index is 1130. The SMILES string of the molecule is CCOc1cc(/C=C(/NC(=O)c2ccccc2)C(=O)O)ccc1OCc1cccc(Cl)c1. The Kier molecular flexibility index (Phi) is 7.89. The van der Waals surface area contributed by atoms with Gasteiger partial charge in [-0.25, -0.2) is 4.79 Å². The zero-order valence-corrected chi connectivity index (χ0v) is 18.1. The summed E-state index contributed by atoms with van der Waals surface area (Å²) < 4.78 is 11.5. The highest BCUT2D eigenvalue weighted by Gasteiger charge is 2.14. The van der Waals surface area contributed by atoms with Crippen molar-refractivity contribution in [3.63, 3.8) is 0 Å². The van der Waals surface area contributed by atoms with Crippen molar-refractivity contribution in [1.29, 1.82) is 0 Å². The lowest BCUT2D eigenvalue weighted by atomic mass is 10.1. The number of hydrogen-bond donors (Lipinski definition) is 2. The molecule has 164 valence electrons. The molecule has 0 aliphatic rings. The standard InChI is InChI=1S/C25H22ClNO5/c1-2-31-23-15-17(11-12-22(23)32-16-18-7-6-10-20(26)13-18)14-21(25(29)30)27-24(28)19-8-4-3-5-9-19/h3-15H,2,16H2,1H3,(H,27,28)(H,29,30)/b21-14+. The van der Waals surface area contributed by atoms with Gasteiger partial charge in [-0.05, 0) is 60.5 Å². The van der Waals surface area contributed by atoms with Crippen LogP contribution in [0.25, 0.3) is 6.08 Å². The van der Waals surface area contributed by atoms with Crippen molar-refractivity contribution in [3.05, 3.63) is 100 Å². The summed E-state index contributed by atoms with van der Waals surface area (Å²) in [5.41, 5.74) is 1.54. The molecule has 0 bridgehead atoms. The molecule has 0 aliphatic heterocycles. The summed E-state index contributed by atoms with van der Waals surface area (Å²) in [7, 11) is 0. The van der Waals surface area contributed by atoms with Crippen molar-refractivity contribution in [3.8, 4) is 11.5 Å². The number of carbonyl (C=O) groups excluding carboxylic acids is 1. The van der Waals surface area contributed by atoms with Gasteiger partial charge in [-0.2, -0.15) is 0 Å². The van der Waals surface area contributed by atoms with Gasteiger partial charge in [-0.3, -0.25) is 4.79 Å². The molecule has 0 spiro atoms. The van der Waals surface area contributed by atoms with Crippen molar-refractivity contribution < 1.29 is 24.2 Å². The second-order valence-corrected chi connectivity index (χ2v) is 7.18. The zero-order valence-electron chi connectivity index (χ0n) is 17.4. The van der Waals surface area contributed by atoms with Crippen molar-refractivity contribution in [2.75, 3.05) is 6.61 Å². The smallest absolute Gasteiger partial charge is 0.352 e. The van der Waals surface area contributed by atoms with Crippen LogP contribution in [0.5, 0.6) is 11.5 Å². The molecular weight excluding hydrogens is 430 g/mol. The van der Waals surface area contributed by atoms with E-state index in [1.807, 2.05) is 25.1 Å². The van der Waals surface area contributed by atoms with Crippen LogP contribution in [0.4, 0.5) is 0 Å². The Morgan fingerprint density at radius 1 is 0.969 bits per heavy atom. The number of carbonyl (C=O) groups is 2. The molecule has 0 saturated carbocycles. The fourth-order valence-electron chi connectivity index (χ4n) is 2.89. The molecule has 0 aromatic heterocycles. The molecule has 0 aliphatic carbocycles. The van der Waals surface area contributed by atoms with E-state index in [2.05, 4.69) is 5.32 Å². The number of benzene rings is 3. The van der Waals surface area contributed by atoms with Crippen LogP contribution in [0.3, 0.4) is 0 Å². The summed E-state index contributed by atoms with van der Waals surface area (Å²) in [5, 5.41) is 12.6. The molecule has 0 fully saturated rings. The molecule has 0 unspecified atom stereocenters. The number of carboxylic acids is 1. The minimum absolute atomic E-state index is 0.256. The summed E-state index contributed by atoms with van der Waals surface area (Å²) in [6.07, 6.45) is 1.37. The first-order valence-electron chi connectivity index (χ1n) is 9.91. The van der Waals surface area contributed by atoms with Crippen molar-refractivity contribution >= 4 is 29.6 Å². The largest absolute Gasteiger partial charge is 0.490 e. The topological polar surface area (TPSA) is 84.9 Å². The van der Waals surface area contributed by atoms with E-state index in [-0.39, 0.29) is 5.70 Å². The molecule has 0 heterocycles. The van der Waals surface area contributed by atoms with Crippen LogP contribution in [0, 0.1) is 0 Å². The number of hydrogen-bond acceptors (Lipinski definition) is 4. The van der Waals surface area contributed by atoms with E-state index in [0.717, 1.165) is 5.56 Å². The third-order valence-electron chi connectivity index (χ3n) is 4.38. The van der Waals surface area contributed by atoms with Gasteiger partial charge in [0, 0.05) is 10.6 Å². The van der Waals surface area contributed by atoms with Crippen molar-refractivity contribution in [2.45, 2.75) is 13.5 Å². The van der Waals surface area contributed by atoms with Crippen LogP contribution in [0.1, 0.15) is 28.4 Å². The highest BCUT2D eigenvalue weighted by Crippen LogP contribution is 2.30. The molecule has 1 amide bonds. The van der Waals surface area contributed by atoms with Gasteiger partial charge in [0.2, 0.25) is 0 Å². The number of nitrogens with one attached hydrogen (secondary N) is 1. The minimum Gasteiger partial charge on any atom is -0.490 e. The van der Waals surface area contributed by atoms with Crippen LogP contribution >= 0.6 is 11.6 Å². The Hall–Kier alpha value is -3.77. The molecular formula is C25H22ClNO5. The molecule has 2 N–H and O–H groups in total. The molecule has 3 aromatic rings. The second-order valence-electron chi connectivity index (χ2n) is 6.74. The summed E-state index contributed by atoms with van der Waals surface area (Å²) in [5.74, 6) is -0.796. The number of aliphatic carboxylic acids is 1. The Morgan fingerprint density at radius 3 is 2.44 bits per heavy atom. The number of halogens is 1. The average molecular weight is 452 g/mol. The van der Waals surface area contributed by atoms with E-state index in [9.17, 15) is 14.7 Å². The third kappa shape index (κ3) is 6.36. The second kappa shape index (κ2) is 11.0. The summed E-state index contributed by atoms with van der Waals surface area (Å²) in [6.45, 7) is 2.53. The first-order chi connectivity index (χ1) is 15.5. The Morgan fingerprint density at radius 2 is 1.75 bits per heavy atom. The fourth-order valence-corrected chi connectivity index (χ4v) is 3.10. The maximum atomic E-state index is 12.3. The van der Waals surface area contributed by atoms with Crippen LogP contribution < -0.4 is 14.8 Å². The van der Waals surface area contributed by atoms with Crippen molar-refractivity contribution in [2.24, 2.45) is 0 Å². The van der Waals surface area contributed by atoms with Crippen LogP contribution in [-0.4, -0.2) is 23.6 Å². The molecule has 0 atom stereocenters. The molecule has 0 saturated heterocycles. The molecule has 0 radical (unpaired) electrons. The maximum Gasteiger partial charge on any atom is 0.352 e. The van der Waals surface area contributed by atoms with Gasteiger partial charge in [-0.1, -0.05) is 48.0 Å². The van der Waals surface area contributed by atoms with Crippen LogP contribution in [0.15, 0.2) is 78.5 Å². The lowest BCUT2D eigenvalue weighted by molar-refractivity contribution is -0.132. The highest BCUT2D eigenvalue weighted by atomic mass is 35.5. The molecule has 3 aromatic carbocycles. The number of carboxylic acid groups (broad SMARTS) is 1. The monoisotopic (exact) mass is 451 g/mol. The van der Waals surface area contributed by atoms with E-state index in [1.54, 1.807) is 54.6 Å². The van der Waals surface area contributed by atoms with Gasteiger partial charge < -0.3 is 19.9 Å². The molecule has 32 heavy (non-hydrogen) atoms. The van der Waals surface area contributed by atoms with Gasteiger partial charge in [0.25, 0.3) is 5.91 Å². The summed E-state index contributed by atoms with van der Waals surface area (Å²) in [4.78, 5) is 24.0.